The Labute approximate surface area is 129 Å². The lowest BCUT2D eigenvalue weighted by Gasteiger charge is -2.20. The van der Waals surface area contributed by atoms with Crippen LogP contribution in [0, 0.1) is 0 Å². The van der Waals surface area contributed by atoms with Gasteiger partial charge in [0.25, 0.3) is 0 Å². The van der Waals surface area contributed by atoms with Gasteiger partial charge in [-0.2, -0.15) is 0 Å². The molecule has 0 aliphatic rings. The molecule has 4 heteroatoms. The van der Waals surface area contributed by atoms with Gasteiger partial charge in [-0.15, -0.1) is 0 Å². The molecule has 106 valence electrons. The van der Waals surface area contributed by atoms with E-state index in [1.54, 1.807) is 7.11 Å². The van der Waals surface area contributed by atoms with Crippen molar-refractivity contribution in [1.82, 2.24) is 5.32 Å². The number of methoxy groups -OCH3 is 1. The maximum absolute atomic E-state index is 6.29. The molecule has 0 bridgehead atoms. The summed E-state index contributed by atoms with van der Waals surface area (Å²) in [6.07, 6.45) is 0.754. The van der Waals surface area contributed by atoms with E-state index in [9.17, 15) is 0 Å². The summed E-state index contributed by atoms with van der Waals surface area (Å²) in [7, 11) is 3.58. The van der Waals surface area contributed by atoms with Gasteiger partial charge in [-0.1, -0.05) is 47.5 Å². The fourth-order valence-corrected chi connectivity index (χ4v) is 2.94. The predicted molar refractivity (Wildman–Crippen MR) is 85.0 cm³/mol. The normalized spacial score (nSPS) is 12.2. The second-order valence-electron chi connectivity index (χ2n) is 4.49. The fourth-order valence-electron chi connectivity index (χ4n) is 2.28. The average Bonchev–Trinajstić information content (AvgIpc) is 2.46. The van der Waals surface area contributed by atoms with Crippen LogP contribution in [-0.2, 0) is 6.42 Å². The molecule has 2 aromatic rings. The Morgan fingerprint density at radius 3 is 2.30 bits per heavy atom. The zero-order valence-corrected chi connectivity index (χ0v) is 13.0. The SMILES string of the molecule is CNC(Cc1ccccc1OC)c1c(Cl)cccc1Cl. The fraction of sp³-hybridized carbons (Fsp3) is 0.250. The van der Waals surface area contributed by atoms with Gasteiger partial charge in [0.2, 0.25) is 0 Å². The number of benzene rings is 2. The summed E-state index contributed by atoms with van der Waals surface area (Å²) in [5.41, 5.74) is 2.04. The predicted octanol–water partition coefficient (Wildman–Crippen LogP) is 4.51. The number of hydrogen-bond acceptors (Lipinski definition) is 2. The van der Waals surface area contributed by atoms with Crippen molar-refractivity contribution < 1.29 is 4.74 Å². The van der Waals surface area contributed by atoms with Crippen molar-refractivity contribution in [2.24, 2.45) is 0 Å². The lowest BCUT2D eigenvalue weighted by molar-refractivity contribution is 0.406. The van der Waals surface area contributed by atoms with Crippen LogP contribution in [-0.4, -0.2) is 14.2 Å². The van der Waals surface area contributed by atoms with Crippen molar-refractivity contribution in [2.45, 2.75) is 12.5 Å². The first-order valence-corrected chi connectivity index (χ1v) is 7.16. The summed E-state index contributed by atoms with van der Waals surface area (Å²) in [5, 5.41) is 4.62. The Bertz CT molecular complexity index is 566. The molecular weight excluding hydrogens is 293 g/mol. The van der Waals surface area contributed by atoms with Gasteiger partial charge in [0.05, 0.1) is 7.11 Å². The van der Waals surface area contributed by atoms with E-state index in [-0.39, 0.29) is 6.04 Å². The molecule has 0 aromatic heterocycles. The number of hydrogen-bond donors (Lipinski definition) is 1. The summed E-state index contributed by atoms with van der Waals surface area (Å²) in [5.74, 6) is 0.871. The van der Waals surface area contributed by atoms with Crippen LogP contribution < -0.4 is 10.1 Å². The smallest absolute Gasteiger partial charge is 0.122 e. The molecule has 2 rings (SSSR count). The van der Waals surface area contributed by atoms with Crippen LogP contribution >= 0.6 is 23.2 Å². The van der Waals surface area contributed by atoms with Crippen LogP contribution in [0.2, 0.25) is 10.0 Å². The van der Waals surface area contributed by atoms with Crippen LogP contribution in [0.3, 0.4) is 0 Å². The summed E-state index contributed by atoms with van der Waals surface area (Å²) in [6.45, 7) is 0. The third-order valence-electron chi connectivity index (χ3n) is 3.31. The van der Waals surface area contributed by atoms with Gasteiger partial charge in [-0.05, 0) is 37.2 Å². The molecule has 1 atom stereocenters. The Kier molecular flexibility index (Phi) is 5.30. The van der Waals surface area contributed by atoms with E-state index in [1.165, 1.54) is 0 Å². The van der Waals surface area contributed by atoms with E-state index in [1.807, 2.05) is 49.5 Å². The van der Waals surface area contributed by atoms with E-state index in [0.717, 1.165) is 23.3 Å². The van der Waals surface area contributed by atoms with Crippen LogP contribution in [0.4, 0.5) is 0 Å². The Morgan fingerprint density at radius 1 is 1.05 bits per heavy atom. The zero-order valence-electron chi connectivity index (χ0n) is 11.5. The summed E-state index contributed by atoms with van der Waals surface area (Å²) < 4.78 is 5.39. The molecule has 0 saturated carbocycles. The molecule has 0 heterocycles. The molecule has 1 N–H and O–H groups in total. The van der Waals surface area contributed by atoms with Gasteiger partial charge in [0.1, 0.15) is 5.75 Å². The number of rotatable bonds is 5. The second kappa shape index (κ2) is 6.98. The van der Waals surface area contributed by atoms with E-state index < -0.39 is 0 Å². The lowest BCUT2D eigenvalue weighted by atomic mass is 9.98. The molecule has 0 amide bonds. The van der Waals surface area contributed by atoms with Crippen molar-refractivity contribution in [3.63, 3.8) is 0 Å². The van der Waals surface area contributed by atoms with E-state index in [2.05, 4.69) is 5.32 Å². The van der Waals surface area contributed by atoms with Gasteiger partial charge in [-0.25, -0.2) is 0 Å². The van der Waals surface area contributed by atoms with Crippen LogP contribution in [0.1, 0.15) is 17.2 Å². The monoisotopic (exact) mass is 309 g/mol. The molecule has 0 aliphatic heterocycles. The number of para-hydroxylation sites is 1. The molecule has 2 nitrogen and oxygen atoms in total. The van der Waals surface area contributed by atoms with Crippen molar-refractivity contribution in [1.29, 1.82) is 0 Å². The first-order chi connectivity index (χ1) is 9.67. The van der Waals surface area contributed by atoms with Crippen molar-refractivity contribution in [2.75, 3.05) is 14.2 Å². The van der Waals surface area contributed by atoms with E-state index in [0.29, 0.717) is 10.0 Å². The van der Waals surface area contributed by atoms with E-state index in [4.69, 9.17) is 27.9 Å². The highest BCUT2D eigenvalue weighted by atomic mass is 35.5. The minimum absolute atomic E-state index is 0.0347. The molecular formula is C16H17Cl2NO. The minimum atomic E-state index is 0.0347. The molecule has 0 saturated heterocycles. The van der Waals surface area contributed by atoms with Crippen molar-refractivity contribution >= 4 is 23.2 Å². The van der Waals surface area contributed by atoms with Gasteiger partial charge in [0.15, 0.2) is 0 Å². The number of nitrogens with one attached hydrogen (secondary N) is 1. The van der Waals surface area contributed by atoms with E-state index >= 15 is 0 Å². The van der Waals surface area contributed by atoms with Crippen LogP contribution in [0.5, 0.6) is 5.75 Å². The second-order valence-corrected chi connectivity index (χ2v) is 5.31. The first kappa shape index (κ1) is 15.2. The van der Waals surface area contributed by atoms with Crippen molar-refractivity contribution in [3.8, 4) is 5.75 Å². The topological polar surface area (TPSA) is 21.3 Å². The van der Waals surface area contributed by atoms with Crippen molar-refractivity contribution in [3.05, 3.63) is 63.6 Å². The highest BCUT2D eigenvalue weighted by Gasteiger charge is 2.18. The molecule has 20 heavy (non-hydrogen) atoms. The summed E-state index contributed by atoms with van der Waals surface area (Å²) in [6, 6.07) is 13.6. The molecule has 0 radical (unpaired) electrons. The van der Waals surface area contributed by atoms with Crippen LogP contribution in [0.25, 0.3) is 0 Å². The number of halogens is 2. The third-order valence-corrected chi connectivity index (χ3v) is 3.97. The number of likely N-dealkylation sites (N-methyl/N-ethyl adjacent to an activating group) is 1. The Morgan fingerprint density at radius 2 is 1.70 bits per heavy atom. The third kappa shape index (κ3) is 3.26. The summed E-state index contributed by atoms with van der Waals surface area (Å²) in [4.78, 5) is 0. The van der Waals surface area contributed by atoms with Gasteiger partial charge in [-0.3, -0.25) is 0 Å². The lowest BCUT2D eigenvalue weighted by Crippen LogP contribution is -2.20. The van der Waals surface area contributed by atoms with Gasteiger partial charge in [0, 0.05) is 21.7 Å². The number of ether oxygens (including phenoxy) is 1. The maximum atomic E-state index is 6.29. The summed E-state index contributed by atoms with van der Waals surface area (Å²) >= 11 is 12.6. The zero-order chi connectivity index (χ0) is 14.5. The molecule has 2 aromatic carbocycles. The highest BCUT2D eigenvalue weighted by Crippen LogP contribution is 2.33. The highest BCUT2D eigenvalue weighted by molar-refractivity contribution is 6.36. The Hall–Kier alpha value is -1.22. The largest absolute Gasteiger partial charge is 0.496 e. The molecule has 0 aliphatic carbocycles. The average molecular weight is 310 g/mol. The maximum Gasteiger partial charge on any atom is 0.122 e. The first-order valence-electron chi connectivity index (χ1n) is 6.40. The van der Waals surface area contributed by atoms with Crippen LogP contribution in [0.15, 0.2) is 42.5 Å². The Balaban J connectivity index is 2.34. The quantitative estimate of drug-likeness (QED) is 0.877. The van der Waals surface area contributed by atoms with Gasteiger partial charge < -0.3 is 10.1 Å². The molecule has 0 spiro atoms. The van der Waals surface area contributed by atoms with Gasteiger partial charge >= 0.3 is 0 Å². The standard InChI is InChI=1S/C16H17Cl2NO/c1-19-14(16-12(17)7-5-8-13(16)18)10-11-6-3-4-9-15(11)20-2/h3-9,14,19H,10H2,1-2H3. The molecule has 1 unspecified atom stereocenters. The minimum Gasteiger partial charge on any atom is -0.496 e. The molecule has 0 fully saturated rings.